The minimum atomic E-state index is -0.998. The van der Waals surface area contributed by atoms with Crippen LogP contribution in [-0.2, 0) is 4.79 Å². The highest BCUT2D eigenvalue weighted by molar-refractivity contribution is 5.95. The highest BCUT2D eigenvalue weighted by Gasteiger charge is 2.29. The van der Waals surface area contributed by atoms with Gasteiger partial charge in [0.05, 0.1) is 11.5 Å². The van der Waals surface area contributed by atoms with Gasteiger partial charge in [-0.05, 0) is 30.7 Å². The van der Waals surface area contributed by atoms with E-state index >= 15 is 0 Å². The molecule has 0 saturated carbocycles. The van der Waals surface area contributed by atoms with Gasteiger partial charge in [0.2, 0.25) is 5.91 Å². The predicted molar refractivity (Wildman–Crippen MR) is 67.6 cm³/mol. The Morgan fingerprint density at radius 2 is 2.17 bits per heavy atom. The number of carboxylic acid groups (broad SMARTS) is 1. The number of carbonyl (C=O) groups excluding carboxylic acids is 1. The molecule has 3 N–H and O–H groups in total. The fourth-order valence-corrected chi connectivity index (χ4v) is 2.13. The second-order valence-electron chi connectivity index (χ2n) is 4.62. The molecule has 1 aromatic carbocycles. The molecule has 0 bridgehead atoms. The van der Waals surface area contributed by atoms with Gasteiger partial charge in [0.15, 0.2) is 0 Å². The van der Waals surface area contributed by atoms with E-state index in [-0.39, 0.29) is 17.4 Å². The van der Waals surface area contributed by atoms with E-state index < -0.39 is 5.97 Å². The van der Waals surface area contributed by atoms with Crippen molar-refractivity contribution in [2.45, 2.75) is 6.92 Å². The summed E-state index contributed by atoms with van der Waals surface area (Å²) in [5, 5.41) is 14.8. The fraction of sp³-hybridized carbons (Fsp3) is 0.385. The molecule has 0 radical (unpaired) electrons. The van der Waals surface area contributed by atoms with Crippen LogP contribution in [0.4, 0.5) is 5.69 Å². The van der Waals surface area contributed by atoms with E-state index in [9.17, 15) is 9.59 Å². The third-order valence-corrected chi connectivity index (χ3v) is 3.23. The molecular weight excluding hydrogens is 232 g/mol. The molecule has 2 rings (SSSR count). The molecule has 1 aromatic rings. The smallest absolute Gasteiger partial charge is 0.335 e. The van der Waals surface area contributed by atoms with Gasteiger partial charge < -0.3 is 15.7 Å². The first-order chi connectivity index (χ1) is 8.58. The number of aromatic carboxylic acids is 1. The van der Waals surface area contributed by atoms with E-state index in [2.05, 4.69) is 10.6 Å². The zero-order valence-corrected chi connectivity index (χ0v) is 10.1. The van der Waals surface area contributed by atoms with E-state index in [1.165, 1.54) is 12.1 Å². The van der Waals surface area contributed by atoms with E-state index in [4.69, 9.17) is 5.11 Å². The summed E-state index contributed by atoms with van der Waals surface area (Å²) in [4.78, 5) is 22.8. The van der Waals surface area contributed by atoms with Crippen LogP contribution in [0, 0.1) is 11.8 Å². The zero-order valence-electron chi connectivity index (χ0n) is 10.1. The Morgan fingerprint density at radius 3 is 2.78 bits per heavy atom. The molecule has 5 heteroatoms. The van der Waals surface area contributed by atoms with Gasteiger partial charge in [-0.2, -0.15) is 0 Å². The van der Waals surface area contributed by atoms with Crippen LogP contribution in [0.25, 0.3) is 0 Å². The van der Waals surface area contributed by atoms with Gasteiger partial charge in [0.25, 0.3) is 0 Å². The lowest BCUT2D eigenvalue weighted by Crippen LogP contribution is -2.27. The van der Waals surface area contributed by atoms with Crippen LogP contribution < -0.4 is 10.6 Å². The minimum Gasteiger partial charge on any atom is -0.478 e. The average Bonchev–Trinajstić information content (AvgIpc) is 2.76. The topological polar surface area (TPSA) is 78.4 Å². The molecule has 2 atom stereocenters. The quantitative estimate of drug-likeness (QED) is 0.750. The number of nitrogens with one attached hydrogen (secondary N) is 2. The summed E-state index contributed by atoms with van der Waals surface area (Å²) in [5.41, 5.74) is 0.699. The number of hydrogen-bond donors (Lipinski definition) is 3. The monoisotopic (exact) mass is 248 g/mol. The summed E-state index contributed by atoms with van der Waals surface area (Å²) in [5.74, 6) is -0.817. The maximum atomic E-state index is 12.0. The Morgan fingerprint density at radius 1 is 1.39 bits per heavy atom. The molecule has 1 fully saturated rings. The van der Waals surface area contributed by atoms with Crippen molar-refractivity contribution in [3.8, 4) is 0 Å². The number of hydrogen-bond acceptors (Lipinski definition) is 3. The molecule has 0 aromatic heterocycles. The van der Waals surface area contributed by atoms with Gasteiger partial charge in [-0.15, -0.1) is 0 Å². The molecule has 5 nitrogen and oxygen atoms in total. The second-order valence-corrected chi connectivity index (χ2v) is 4.62. The van der Waals surface area contributed by atoms with Crippen molar-refractivity contribution in [2.24, 2.45) is 11.8 Å². The normalized spacial score (nSPS) is 22.7. The summed E-state index contributed by atoms with van der Waals surface area (Å²) >= 11 is 0. The lowest BCUT2D eigenvalue weighted by atomic mass is 9.97. The summed E-state index contributed by atoms with van der Waals surface area (Å²) in [6.45, 7) is 3.54. The molecule has 1 amide bonds. The number of benzene rings is 1. The van der Waals surface area contributed by atoms with Crippen molar-refractivity contribution in [1.82, 2.24) is 5.32 Å². The maximum absolute atomic E-state index is 12.0. The summed E-state index contributed by atoms with van der Waals surface area (Å²) < 4.78 is 0. The average molecular weight is 248 g/mol. The van der Waals surface area contributed by atoms with Gasteiger partial charge in [0, 0.05) is 12.2 Å². The lowest BCUT2D eigenvalue weighted by molar-refractivity contribution is -0.120. The van der Waals surface area contributed by atoms with E-state index in [1.54, 1.807) is 12.1 Å². The van der Waals surface area contributed by atoms with Crippen molar-refractivity contribution in [3.63, 3.8) is 0 Å². The van der Waals surface area contributed by atoms with E-state index in [0.29, 0.717) is 18.2 Å². The van der Waals surface area contributed by atoms with Crippen molar-refractivity contribution >= 4 is 17.6 Å². The van der Waals surface area contributed by atoms with Crippen LogP contribution in [0.2, 0.25) is 0 Å². The Labute approximate surface area is 105 Å². The summed E-state index contributed by atoms with van der Waals surface area (Å²) in [6, 6.07) is 6.28. The molecular formula is C13H16N2O3. The number of carboxylic acids is 1. The highest BCUT2D eigenvalue weighted by atomic mass is 16.4. The largest absolute Gasteiger partial charge is 0.478 e. The highest BCUT2D eigenvalue weighted by Crippen LogP contribution is 2.19. The molecule has 1 heterocycles. The van der Waals surface area contributed by atoms with E-state index in [0.717, 1.165) is 6.54 Å². The van der Waals surface area contributed by atoms with Crippen LogP contribution in [0.3, 0.4) is 0 Å². The molecule has 0 spiro atoms. The number of rotatable bonds is 3. The van der Waals surface area contributed by atoms with Crippen molar-refractivity contribution in [3.05, 3.63) is 29.8 Å². The van der Waals surface area contributed by atoms with Crippen LogP contribution in [0.15, 0.2) is 24.3 Å². The fourth-order valence-electron chi connectivity index (χ4n) is 2.13. The first-order valence-corrected chi connectivity index (χ1v) is 5.93. The third kappa shape index (κ3) is 2.68. The maximum Gasteiger partial charge on any atom is 0.335 e. The van der Waals surface area contributed by atoms with Gasteiger partial charge in [-0.3, -0.25) is 4.79 Å². The van der Waals surface area contributed by atoms with Crippen LogP contribution in [0.5, 0.6) is 0 Å². The number of carbonyl (C=O) groups is 2. The van der Waals surface area contributed by atoms with Gasteiger partial charge >= 0.3 is 5.97 Å². The van der Waals surface area contributed by atoms with Crippen molar-refractivity contribution < 1.29 is 14.7 Å². The van der Waals surface area contributed by atoms with Gasteiger partial charge in [-0.1, -0.05) is 13.0 Å². The molecule has 1 aliphatic rings. The molecule has 1 saturated heterocycles. The van der Waals surface area contributed by atoms with Crippen LogP contribution >= 0.6 is 0 Å². The van der Waals surface area contributed by atoms with Gasteiger partial charge in [-0.25, -0.2) is 4.79 Å². The molecule has 2 unspecified atom stereocenters. The third-order valence-electron chi connectivity index (χ3n) is 3.23. The Bertz CT molecular complexity index is 473. The molecule has 18 heavy (non-hydrogen) atoms. The first kappa shape index (κ1) is 12.6. The number of amides is 1. The number of anilines is 1. The summed E-state index contributed by atoms with van der Waals surface area (Å²) in [6.07, 6.45) is 0. The van der Waals surface area contributed by atoms with E-state index in [1.807, 2.05) is 6.92 Å². The Balaban J connectivity index is 2.07. The van der Waals surface area contributed by atoms with Gasteiger partial charge in [0.1, 0.15) is 0 Å². The van der Waals surface area contributed by atoms with Crippen LogP contribution in [0.1, 0.15) is 17.3 Å². The van der Waals surface area contributed by atoms with Crippen molar-refractivity contribution in [1.29, 1.82) is 0 Å². The molecule has 96 valence electrons. The Hall–Kier alpha value is -1.88. The first-order valence-electron chi connectivity index (χ1n) is 5.93. The standard InChI is InChI=1S/C13H16N2O3/c1-8-6-14-7-11(8)12(16)15-10-4-2-3-9(5-10)13(17)18/h2-5,8,11,14H,6-7H2,1H3,(H,15,16)(H,17,18). The van der Waals surface area contributed by atoms with Crippen molar-refractivity contribution in [2.75, 3.05) is 18.4 Å². The molecule has 0 aliphatic carbocycles. The predicted octanol–water partition coefficient (Wildman–Crippen LogP) is 1.18. The Kier molecular flexibility index (Phi) is 3.62. The SMILES string of the molecule is CC1CNCC1C(=O)Nc1cccc(C(=O)O)c1. The minimum absolute atomic E-state index is 0.0570. The molecule has 1 aliphatic heterocycles. The summed E-state index contributed by atoms with van der Waals surface area (Å²) in [7, 11) is 0. The van der Waals surface area contributed by atoms with Crippen LogP contribution in [-0.4, -0.2) is 30.1 Å². The lowest BCUT2D eigenvalue weighted by Gasteiger charge is -2.14. The second kappa shape index (κ2) is 5.18. The zero-order chi connectivity index (χ0) is 13.1.